The first-order valence-corrected chi connectivity index (χ1v) is 7.31. The number of carbonyl (C=O) groups excluding carboxylic acids is 2. The molecule has 0 aliphatic carbocycles. The van der Waals surface area contributed by atoms with Gasteiger partial charge in [-0.15, -0.1) is 0 Å². The van der Waals surface area contributed by atoms with Crippen molar-refractivity contribution >= 4 is 28.9 Å². The van der Waals surface area contributed by atoms with E-state index in [-0.39, 0.29) is 17.9 Å². The molecule has 0 aromatic heterocycles. The number of esters is 1. The molecule has 0 radical (unpaired) electrons. The lowest BCUT2D eigenvalue weighted by Crippen LogP contribution is -2.33. The highest BCUT2D eigenvalue weighted by Gasteiger charge is 2.15. The predicted molar refractivity (Wildman–Crippen MR) is 75.7 cm³/mol. The van der Waals surface area contributed by atoms with Gasteiger partial charge in [0.25, 0.3) is 0 Å². The van der Waals surface area contributed by atoms with Gasteiger partial charge in [-0.1, -0.05) is 11.6 Å². The van der Waals surface area contributed by atoms with Crippen molar-refractivity contribution in [3.63, 3.8) is 0 Å². The van der Waals surface area contributed by atoms with E-state index in [1.165, 1.54) is 6.92 Å². The van der Waals surface area contributed by atoms with E-state index in [2.05, 4.69) is 15.2 Å². The third-order valence-corrected chi connectivity index (χ3v) is 2.72. The van der Waals surface area contributed by atoms with E-state index < -0.39 is 12.0 Å². The number of unbranched alkanes of at least 4 members (excludes halogenated alkanes) is 1. The SMILES string of the molecule is CSC(=O)OCNCCCC[C@H](N)C(=O)OC(C)=NO. The second-order valence-electron chi connectivity index (χ2n) is 3.89. The zero-order chi connectivity index (χ0) is 15.4. The summed E-state index contributed by atoms with van der Waals surface area (Å²) in [7, 11) is 0. The van der Waals surface area contributed by atoms with Gasteiger partial charge in [0.2, 0.25) is 5.90 Å². The van der Waals surface area contributed by atoms with Crippen molar-refractivity contribution < 1.29 is 24.3 Å². The van der Waals surface area contributed by atoms with Gasteiger partial charge in [0.1, 0.15) is 12.8 Å². The normalized spacial score (nSPS) is 12.8. The van der Waals surface area contributed by atoms with Crippen molar-refractivity contribution in [2.75, 3.05) is 19.5 Å². The van der Waals surface area contributed by atoms with Crippen LogP contribution in [0.4, 0.5) is 4.79 Å². The Morgan fingerprint density at radius 2 is 2.15 bits per heavy atom. The van der Waals surface area contributed by atoms with Gasteiger partial charge >= 0.3 is 11.3 Å². The van der Waals surface area contributed by atoms with E-state index in [1.54, 1.807) is 6.26 Å². The maximum atomic E-state index is 11.4. The molecule has 0 amide bonds. The molecule has 1 atom stereocenters. The Hall–Kier alpha value is -1.32. The highest BCUT2D eigenvalue weighted by molar-refractivity contribution is 8.12. The molecular formula is C11H21N3O5S. The fraction of sp³-hybridized carbons (Fsp3) is 0.727. The molecule has 20 heavy (non-hydrogen) atoms. The zero-order valence-electron chi connectivity index (χ0n) is 11.6. The average Bonchev–Trinajstić information content (AvgIpc) is 2.45. The molecule has 0 rings (SSSR count). The number of rotatable bonds is 8. The Kier molecular flexibility index (Phi) is 10.7. The minimum Gasteiger partial charge on any atom is -0.442 e. The molecule has 8 nitrogen and oxygen atoms in total. The van der Waals surface area contributed by atoms with Crippen LogP contribution in [0.1, 0.15) is 26.2 Å². The number of carbonyl (C=O) groups is 2. The molecule has 0 saturated heterocycles. The van der Waals surface area contributed by atoms with Crippen molar-refractivity contribution in [2.45, 2.75) is 32.2 Å². The van der Waals surface area contributed by atoms with Gasteiger partial charge < -0.3 is 20.4 Å². The maximum Gasteiger partial charge on any atom is 0.368 e. The molecule has 0 unspecified atom stereocenters. The maximum absolute atomic E-state index is 11.4. The number of ether oxygens (including phenoxy) is 2. The van der Waals surface area contributed by atoms with Crippen LogP contribution in [0.25, 0.3) is 0 Å². The van der Waals surface area contributed by atoms with Crippen molar-refractivity contribution in [1.82, 2.24) is 5.32 Å². The van der Waals surface area contributed by atoms with Crippen LogP contribution in [-0.2, 0) is 14.3 Å². The molecule has 0 aromatic carbocycles. The summed E-state index contributed by atoms with van der Waals surface area (Å²) in [5.74, 6) is -0.759. The van der Waals surface area contributed by atoms with Gasteiger partial charge in [-0.2, -0.15) is 0 Å². The summed E-state index contributed by atoms with van der Waals surface area (Å²) in [6.07, 6.45) is 3.61. The molecule has 0 heterocycles. The van der Waals surface area contributed by atoms with Crippen molar-refractivity contribution in [1.29, 1.82) is 0 Å². The van der Waals surface area contributed by atoms with Gasteiger partial charge in [-0.05, 0) is 37.4 Å². The second kappa shape index (κ2) is 11.5. The fourth-order valence-electron chi connectivity index (χ4n) is 1.21. The molecule has 0 aromatic rings. The van der Waals surface area contributed by atoms with E-state index >= 15 is 0 Å². The lowest BCUT2D eigenvalue weighted by Gasteiger charge is -2.10. The summed E-state index contributed by atoms with van der Waals surface area (Å²) in [5, 5.41) is 13.7. The minimum atomic E-state index is -0.749. The highest BCUT2D eigenvalue weighted by Crippen LogP contribution is 2.01. The quantitative estimate of drug-likeness (QED) is 0.115. The number of oxime groups is 1. The molecule has 0 bridgehead atoms. The van der Waals surface area contributed by atoms with E-state index in [0.717, 1.165) is 24.6 Å². The molecule has 116 valence electrons. The number of hydrogen-bond acceptors (Lipinski definition) is 9. The van der Waals surface area contributed by atoms with Gasteiger partial charge in [-0.3, -0.25) is 5.32 Å². The first-order chi connectivity index (χ1) is 9.51. The van der Waals surface area contributed by atoms with Crippen molar-refractivity contribution in [2.24, 2.45) is 10.9 Å². The topological polar surface area (TPSA) is 123 Å². The third kappa shape index (κ3) is 9.59. The van der Waals surface area contributed by atoms with Crippen LogP contribution in [0, 0.1) is 0 Å². The molecule has 0 fully saturated rings. The summed E-state index contributed by atoms with van der Waals surface area (Å²) in [4.78, 5) is 22.2. The number of nitrogens with two attached hydrogens (primary N) is 1. The molecule has 9 heteroatoms. The average molecular weight is 307 g/mol. The Morgan fingerprint density at radius 3 is 2.75 bits per heavy atom. The summed E-state index contributed by atoms with van der Waals surface area (Å²) >= 11 is 1.01. The molecule has 4 N–H and O–H groups in total. The molecular weight excluding hydrogens is 286 g/mol. The van der Waals surface area contributed by atoms with Gasteiger partial charge in [0.15, 0.2) is 0 Å². The third-order valence-electron chi connectivity index (χ3n) is 2.27. The fourth-order valence-corrected chi connectivity index (χ4v) is 1.39. The molecule has 0 aliphatic heterocycles. The molecule has 0 aliphatic rings. The molecule has 0 spiro atoms. The number of nitrogens with one attached hydrogen (secondary N) is 1. The Bertz CT molecular complexity index is 338. The monoisotopic (exact) mass is 307 g/mol. The highest BCUT2D eigenvalue weighted by atomic mass is 32.2. The standard InChI is InChI=1S/C11H21N3O5S/c1-8(14-17)19-10(15)9(12)5-3-4-6-13-7-18-11(16)20-2/h9,13,17H,3-7,12H2,1-2H3/t9-/m0/s1. The molecule has 0 saturated carbocycles. The Labute approximate surface area is 122 Å². The van der Waals surface area contributed by atoms with E-state index in [4.69, 9.17) is 15.7 Å². The van der Waals surface area contributed by atoms with Crippen LogP contribution in [0.5, 0.6) is 0 Å². The van der Waals surface area contributed by atoms with E-state index in [9.17, 15) is 9.59 Å². The first kappa shape index (κ1) is 18.7. The lowest BCUT2D eigenvalue weighted by molar-refractivity contribution is -0.137. The number of thioether (sulfide) groups is 1. The van der Waals surface area contributed by atoms with Crippen LogP contribution in [0.2, 0.25) is 0 Å². The summed E-state index contributed by atoms with van der Waals surface area (Å²) in [5.41, 5.74) is 5.62. The predicted octanol–water partition coefficient (Wildman–Crippen LogP) is 0.881. The van der Waals surface area contributed by atoms with Gasteiger partial charge in [-0.25, -0.2) is 9.59 Å². The number of nitrogens with zero attached hydrogens (tertiary/aromatic N) is 1. The van der Waals surface area contributed by atoms with Crippen molar-refractivity contribution in [3.05, 3.63) is 0 Å². The smallest absolute Gasteiger partial charge is 0.368 e. The van der Waals surface area contributed by atoms with Crippen LogP contribution in [0.15, 0.2) is 5.16 Å². The summed E-state index contributed by atoms with van der Waals surface area (Å²) < 4.78 is 9.45. The first-order valence-electron chi connectivity index (χ1n) is 6.08. The largest absolute Gasteiger partial charge is 0.442 e. The van der Waals surface area contributed by atoms with Crippen LogP contribution < -0.4 is 11.1 Å². The Morgan fingerprint density at radius 1 is 1.45 bits per heavy atom. The van der Waals surface area contributed by atoms with Crippen LogP contribution in [-0.4, -0.2) is 47.9 Å². The second-order valence-corrected chi connectivity index (χ2v) is 4.63. The number of hydrogen-bond donors (Lipinski definition) is 3. The Balaban J connectivity index is 3.55. The summed E-state index contributed by atoms with van der Waals surface area (Å²) in [6.45, 7) is 2.17. The van der Waals surface area contributed by atoms with Crippen molar-refractivity contribution in [3.8, 4) is 0 Å². The van der Waals surface area contributed by atoms with Gasteiger partial charge in [0.05, 0.1) is 0 Å². The van der Waals surface area contributed by atoms with Gasteiger partial charge in [0, 0.05) is 6.92 Å². The zero-order valence-corrected chi connectivity index (χ0v) is 12.4. The van der Waals surface area contributed by atoms with E-state index in [1.807, 2.05) is 0 Å². The van der Waals surface area contributed by atoms with Crippen LogP contribution in [0.3, 0.4) is 0 Å². The minimum absolute atomic E-state index is 0.136. The van der Waals surface area contributed by atoms with Crippen LogP contribution >= 0.6 is 11.8 Å². The lowest BCUT2D eigenvalue weighted by atomic mass is 10.1. The van der Waals surface area contributed by atoms with E-state index in [0.29, 0.717) is 13.0 Å². The summed E-state index contributed by atoms with van der Waals surface area (Å²) in [6, 6.07) is -0.749.